The molecule has 2 aromatic rings. The zero-order chi connectivity index (χ0) is 10.3. The van der Waals surface area contributed by atoms with Gasteiger partial charge >= 0.3 is 0 Å². The molecule has 0 N–H and O–H groups in total. The van der Waals surface area contributed by atoms with E-state index in [4.69, 9.17) is 23.2 Å². The summed E-state index contributed by atoms with van der Waals surface area (Å²) in [4.78, 5) is 15.4. The van der Waals surface area contributed by atoms with Crippen molar-refractivity contribution < 1.29 is 0 Å². The van der Waals surface area contributed by atoms with Gasteiger partial charge in [-0.25, -0.2) is 4.98 Å². The van der Waals surface area contributed by atoms with Crippen LogP contribution in [0.1, 0.15) is 0 Å². The number of aromatic nitrogens is 2. The molecular weight excluding hydrogens is 223 g/mol. The van der Waals surface area contributed by atoms with E-state index in [0.29, 0.717) is 16.1 Å². The first kappa shape index (κ1) is 9.49. The van der Waals surface area contributed by atoms with Crippen molar-refractivity contribution in [3.05, 3.63) is 38.7 Å². The van der Waals surface area contributed by atoms with Crippen molar-refractivity contribution in [1.29, 1.82) is 0 Å². The van der Waals surface area contributed by atoms with E-state index in [0.717, 1.165) is 0 Å². The van der Waals surface area contributed by atoms with Gasteiger partial charge in [-0.3, -0.25) is 4.79 Å². The van der Waals surface area contributed by atoms with Crippen molar-refractivity contribution in [1.82, 2.24) is 9.55 Å². The normalized spacial score (nSPS) is 10.8. The van der Waals surface area contributed by atoms with E-state index >= 15 is 0 Å². The maximum Gasteiger partial charge on any atom is 0.288 e. The van der Waals surface area contributed by atoms with Gasteiger partial charge in [-0.2, -0.15) is 0 Å². The zero-order valence-corrected chi connectivity index (χ0v) is 8.80. The van der Waals surface area contributed by atoms with E-state index in [-0.39, 0.29) is 10.7 Å². The van der Waals surface area contributed by atoms with E-state index in [1.54, 1.807) is 25.2 Å². The lowest BCUT2D eigenvalue weighted by atomic mass is 10.3. The first-order chi connectivity index (χ1) is 6.59. The minimum Gasteiger partial charge on any atom is -0.307 e. The van der Waals surface area contributed by atoms with E-state index in [2.05, 4.69) is 4.98 Å². The topological polar surface area (TPSA) is 34.9 Å². The van der Waals surface area contributed by atoms with E-state index in [1.807, 2.05) is 0 Å². The third-order valence-electron chi connectivity index (χ3n) is 2.00. The molecule has 0 spiro atoms. The fraction of sp³-hybridized carbons (Fsp3) is 0.111. The van der Waals surface area contributed by atoms with Crippen molar-refractivity contribution in [2.45, 2.75) is 0 Å². The number of hydrogen-bond acceptors (Lipinski definition) is 2. The van der Waals surface area contributed by atoms with Crippen molar-refractivity contribution in [3.8, 4) is 0 Å². The summed E-state index contributed by atoms with van der Waals surface area (Å²) in [6.07, 6.45) is 0. The van der Waals surface area contributed by atoms with Crippen LogP contribution in [-0.2, 0) is 7.05 Å². The molecule has 0 bridgehead atoms. The second-order valence-corrected chi connectivity index (χ2v) is 3.69. The van der Waals surface area contributed by atoms with Crippen molar-refractivity contribution in [2.75, 3.05) is 0 Å². The van der Waals surface area contributed by atoms with E-state index in [1.165, 1.54) is 4.57 Å². The summed E-state index contributed by atoms with van der Waals surface area (Å²) in [7, 11) is 1.63. The molecule has 72 valence electrons. The number of benzene rings is 1. The minimum absolute atomic E-state index is 0.0256. The Bertz CT molecular complexity index is 562. The van der Waals surface area contributed by atoms with Crippen LogP contribution in [0.25, 0.3) is 11.0 Å². The predicted molar refractivity (Wildman–Crippen MR) is 57.0 cm³/mol. The molecule has 0 radical (unpaired) electrons. The van der Waals surface area contributed by atoms with Gasteiger partial charge < -0.3 is 4.57 Å². The summed E-state index contributed by atoms with van der Waals surface area (Å²) in [6.45, 7) is 0. The van der Waals surface area contributed by atoms with Gasteiger partial charge in [0.1, 0.15) is 0 Å². The highest BCUT2D eigenvalue weighted by atomic mass is 35.5. The molecule has 0 saturated carbocycles. The Kier molecular flexibility index (Phi) is 2.21. The third-order valence-corrected chi connectivity index (χ3v) is 2.48. The van der Waals surface area contributed by atoms with Crippen molar-refractivity contribution in [3.63, 3.8) is 0 Å². The average Bonchev–Trinajstić information content (AvgIpc) is 2.16. The molecule has 0 atom stereocenters. The monoisotopic (exact) mass is 228 g/mol. The highest BCUT2D eigenvalue weighted by molar-refractivity contribution is 6.31. The smallest absolute Gasteiger partial charge is 0.288 e. The van der Waals surface area contributed by atoms with Gasteiger partial charge in [0.2, 0.25) is 0 Å². The van der Waals surface area contributed by atoms with Crippen LogP contribution in [0.2, 0.25) is 10.2 Å². The minimum atomic E-state index is -0.318. The molecule has 3 nitrogen and oxygen atoms in total. The van der Waals surface area contributed by atoms with Crippen molar-refractivity contribution in [2.24, 2.45) is 7.05 Å². The van der Waals surface area contributed by atoms with Crippen LogP contribution >= 0.6 is 23.2 Å². The number of rotatable bonds is 0. The summed E-state index contributed by atoms with van der Waals surface area (Å²) < 4.78 is 1.43. The van der Waals surface area contributed by atoms with E-state index in [9.17, 15) is 4.79 Å². The predicted octanol–water partition coefficient (Wildman–Crippen LogP) is 2.24. The van der Waals surface area contributed by atoms with Crippen LogP contribution < -0.4 is 5.56 Å². The lowest BCUT2D eigenvalue weighted by Gasteiger charge is -2.04. The average molecular weight is 229 g/mol. The highest BCUT2D eigenvalue weighted by Crippen LogP contribution is 2.16. The van der Waals surface area contributed by atoms with Gasteiger partial charge in [0, 0.05) is 12.1 Å². The van der Waals surface area contributed by atoms with Crippen LogP contribution in [0, 0.1) is 0 Å². The third kappa shape index (κ3) is 1.38. The van der Waals surface area contributed by atoms with Gasteiger partial charge in [0.05, 0.1) is 11.0 Å². The van der Waals surface area contributed by atoms with Crippen LogP contribution in [0.5, 0.6) is 0 Å². The highest BCUT2D eigenvalue weighted by Gasteiger charge is 2.05. The molecular formula is C9H6Cl2N2O. The molecule has 5 heteroatoms. The maximum atomic E-state index is 11.4. The van der Waals surface area contributed by atoms with Crippen LogP contribution in [0.15, 0.2) is 23.0 Å². The first-order valence-corrected chi connectivity index (χ1v) is 4.67. The number of halogens is 2. The SMILES string of the molecule is Cn1c(=O)c(Cl)nc2ccc(Cl)cc21. The largest absolute Gasteiger partial charge is 0.307 e. The number of hydrogen-bond donors (Lipinski definition) is 0. The standard InChI is InChI=1S/C9H6Cl2N2O/c1-13-7-4-5(10)2-3-6(7)12-8(11)9(13)14/h2-4H,1H3. The summed E-state index contributed by atoms with van der Waals surface area (Å²) in [5.74, 6) is 0. The van der Waals surface area contributed by atoms with Gasteiger partial charge in [-0.05, 0) is 18.2 Å². The maximum absolute atomic E-state index is 11.4. The van der Waals surface area contributed by atoms with Crippen LogP contribution in [-0.4, -0.2) is 9.55 Å². The summed E-state index contributed by atoms with van der Waals surface area (Å²) >= 11 is 11.5. The van der Waals surface area contributed by atoms with Gasteiger partial charge in [-0.1, -0.05) is 23.2 Å². The molecule has 14 heavy (non-hydrogen) atoms. The molecule has 2 rings (SSSR count). The lowest BCUT2D eigenvalue weighted by Crippen LogP contribution is -2.18. The Hall–Kier alpha value is -1.06. The molecule has 1 aromatic heterocycles. The molecule has 0 aliphatic carbocycles. The summed E-state index contributed by atoms with van der Waals surface area (Å²) in [6, 6.07) is 5.11. The second kappa shape index (κ2) is 3.26. The van der Waals surface area contributed by atoms with Gasteiger partial charge in [0.25, 0.3) is 5.56 Å². The lowest BCUT2D eigenvalue weighted by molar-refractivity contribution is 0.892. The molecule has 0 unspecified atom stereocenters. The molecule has 1 aromatic carbocycles. The molecule has 1 heterocycles. The first-order valence-electron chi connectivity index (χ1n) is 3.91. The quantitative estimate of drug-likeness (QED) is 0.694. The Morgan fingerprint density at radius 1 is 1.36 bits per heavy atom. The van der Waals surface area contributed by atoms with Crippen LogP contribution in [0.4, 0.5) is 0 Å². The van der Waals surface area contributed by atoms with Crippen LogP contribution in [0.3, 0.4) is 0 Å². The Morgan fingerprint density at radius 2 is 2.07 bits per heavy atom. The number of fused-ring (bicyclic) bond motifs is 1. The number of nitrogens with zero attached hydrogens (tertiary/aromatic N) is 2. The fourth-order valence-corrected chi connectivity index (χ4v) is 1.65. The molecule has 0 amide bonds. The fourth-order valence-electron chi connectivity index (χ4n) is 1.26. The van der Waals surface area contributed by atoms with Crippen molar-refractivity contribution >= 4 is 34.2 Å². The van der Waals surface area contributed by atoms with Gasteiger partial charge in [-0.15, -0.1) is 0 Å². The second-order valence-electron chi connectivity index (χ2n) is 2.90. The number of aryl methyl sites for hydroxylation is 1. The molecule has 0 fully saturated rings. The molecule has 0 aliphatic heterocycles. The molecule has 0 aliphatic rings. The zero-order valence-electron chi connectivity index (χ0n) is 7.29. The van der Waals surface area contributed by atoms with E-state index < -0.39 is 0 Å². The van der Waals surface area contributed by atoms with Gasteiger partial charge in [0.15, 0.2) is 5.15 Å². The molecule has 0 saturated heterocycles. The Labute approximate surface area is 89.9 Å². The summed E-state index contributed by atoms with van der Waals surface area (Å²) in [5.41, 5.74) is 1.01. The Morgan fingerprint density at radius 3 is 2.79 bits per heavy atom. The Balaban J connectivity index is 2.99. The summed E-state index contributed by atoms with van der Waals surface area (Å²) in [5, 5.41) is 0.541.